The van der Waals surface area contributed by atoms with E-state index in [1.165, 1.54) is 6.07 Å². The van der Waals surface area contributed by atoms with Crippen molar-refractivity contribution in [1.82, 2.24) is 19.9 Å². The van der Waals surface area contributed by atoms with Crippen LogP contribution in [-0.4, -0.2) is 57.1 Å². The summed E-state index contributed by atoms with van der Waals surface area (Å²) in [5.74, 6) is 0.879. The monoisotopic (exact) mass is 404 g/mol. The lowest BCUT2D eigenvalue weighted by atomic mass is 10.1. The second-order valence-electron chi connectivity index (χ2n) is 6.22. The van der Waals surface area contributed by atoms with E-state index in [-0.39, 0.29) is 17.2 Å². The van der Waals surface area contributed by atoms with Crippen LogP contribution in [0.4, 0.5) is 0 Å². The van der Waals surface area contributed by atoms with Gasteiger partial charge in [0.1, 0.15) is 5.75 Å². The number of benzene rings is 1. The molecule has 1 saturated heterocycles. The number of phenols is 1. The molecule has 1 aliphatic heterocycles. The number of piperazine rings is 1. The van der Waals surface area contributed by atoms with Gasteiger partial charge >= 0.3 is 0 Å². The average Bonchev–Trinajstić information content (AvgIpc) is 3.33. The Hall–Kier alpha value is -2.42. The molecule has 1 amide bonds. The van der Waals surface area contributed by atoms with E-state index in [1.54, 1.807) is 28.4 Å². The summed E-state index contributed by atoms with van der Waals surface area (Å²) in [6.45, 7) is 3.06. The number of phenolic OH excluding ortho intramolecular Hbond substituents is 1. The third kappa shape index (κ3) is 3.97. The molecule has 0 bridgehead atoms. The molecule has 0 unspecified atom stereocenters. The van der Waals surface area contributed by atoms with Crippen LogP contribution < -0.4 is 0 Å². The zero-order valence-electron chi connectivity index (χ0n) is 14.3. The predicted molar refractivity (Wildman–Crippen MR) is 102 cm³/mol. The van der Waals surface area contributed by atoms with Gasteiger partial charge in [-0.25, -0.2) is 0 Å². The minimum absolute atomic E-state index is 0.0955. The molecule has 9 heteroatoms. The number of aromatic nitrogens is 2. The van der Waals surface area contributed by atoms with Gasteiger partial charge in [0.2, 0.25) is 11.7 Å². The first kappa shape index (κ1) is 18.0. The van der Waals surface area contributed by atoms with E-state index >= 15 is 0 Å². The van der Waals surface area contributed by atoms with Crippen LogP contribution in [0.5, 0.6) is 5.75 Å². The van der Waals surface area contributed by atoms with Gasteiger partial charge in [0.25, 0.3) is 5.91 Å². The van der Waals surface area contributed by atoms with Gasteiger partial charge in [-0.3, -0.25) is 9.69 Å². The summed E-state index contributed by atoms with van der Waals surface area (Å²) < 4.78 is 5.34. The molecule has 4 rings (SSSR count). The second-order valence-corrected chi connectivity index (χ2v) is 7.60. The number of aromatic hydroxyl groups is 1. The van der Waals surface area contributed by atoms with Crippen molar-refractivity contribution in [2.45, 2.75) is 6.54 Å². The molecule has 0 saturated carbocycles. The molecule has 1 fully saturated rings. The third-order valence-corrected chi connectivity index (χ3v) is 5.52. The highest BCUT2D eigenvalue weighted by Gasteiger charge is 2.25. The zero-order valence-corrected chi connectivity index (χ0v) is 15.9. The maximum absolute atomic E-state index is 12.6. The van der Waals surface area contributed by atoms with E-state index in [9.17, 15) is 9.90 Å². The van der Waals surface area contributed by atoms with Gasteiger partial charge in [-0.2, -0.15) is 4.98 Å². The number of thiophene rings is 1. The SMILES string of the molecule is O=C(c1ccc(Cl)cc1O)N1CCN(Cc2nc(-c3cccs3)no2)CC1. The first-order valence-electron chi connectivity index (χ1n) is 8.47. The van der Waals surface area contributed by atoms with Crippen LogP contribution in [0.1, 0.15) is 16.2 Å². The smallest absolute Gasteiger partial charge is 0.257 e. The first-order valence-corrected chi connectivity index (χ1v) is 9.72. The van der Waals surface area contributed by atoms with Crippen molar-refractivity contribution in [3.63, 3.8) is 0 Å². The number of nitrogens with zero attached hydrogens (tertiary/aromatic N) is 4. The Labute approximate surface area is 164 Å². The Balaban J connectivity index is 1.34. The Morgan fingerprint density at radius 3 is 2.78 bits per heavy atom. The number of carbonyl (C=O) groups excluding carboxylic acids is 1. The molecule has 0 atom stereocenters. The summed E-state index contributed by atoms with van der Waals surface area (Å²) in [4.78, 5) is 21.9. The molecule has 7 nitrogen and oxygen atoms in total. The number of rotatable bonds is 4. The summed E-state index contributed by atoms with van der Waals surface area (Å²) in [5.41, 5.74) is 0.269. The minimum atomic E-state index is -0.193. The number of amides is 1. The second kappa shape index (κ2) is 7.67. The highest BCUT2D eigenvalue weighted by atomic mass is 35.5. The molecular weight excluding hydrogens is 388 g/mol. The summed E-state index contributed by atoms with van der Waals surface area (Å²) >= 11 is 7.39. The Morgan fingerprint density at radius 2 is 2.07 bits per heavy atom. The Bertz CT molecular complexity index is 936. The molecule has 2 aromatic heterocycles. The molecule has 0 radical (unpaired) electrons. The normalized spacial score (nSPS) is 15.2. The van der Waals surface area contributed by atoms with Crippen molar-refractivity contribution >= 4 is 28.8 Å². The van der Waals surface area contributed by atoms with E-state index in [0.29, 0.717) is 49.5 Å². The van der Waals surface area contributed by atoms with Crippen molar-refractivity contribution in [3.8, 4) is 16.5 Å². The van der Waals surface area contributed by atoms with Crippen LogP contribution in [0, 0.1) is 0 Å². The van der Waals surface area contributed by atoms with Crippen molar-refractivity contribution in [2.24, 2.45) is 0 Å². The van der Waals surface area contributed by atoms with E-state index in [4.69, 9.17) is 16.1 Å². The highest BCUT2D eigenvalue weighted by Crippen LogP contribution is 2.24. The molecule has 3 aromatic rings. The Kier molecular flexibility index (Phi) is 5.11. The largest absolute Gasteiger partial charge is 0.507 e. The summed E-state index contributed by atoms with van der Waals surface area (Å²) in [5, 5.41) is 16.3. The van der Waals surface area contributed by atoms with Crippen LogP contribution >= 0.6 is 22.9 Å². The maximum atomic E-state index is 12.6. The lowest BCUT2D eigenvalue weighted by Crippen LogP contribution is -2.48. The third-order valence-electron chi connectivity index (χ3n) is 4.42. The first-order chi connectivity index (χ1) is 13.1. The van der Waals surface area contributed by atoms with Gasteiger partial charge in [0, 0.05) is 31.2 Å². The summed E-state index contributed by atoms with van der Waals surface area (Å²) in [7, 11) is 0. The van der Waals surface area contributed by atoms with Gasteiger partial charge in [-0.05, 0) is 29.6 Å². The molecule has 1 aliphatic rings. The van der Waals surface area contributed by atoms with Gasteiger partial charge in [0.05, 0.1) is 17.0 Å². The van der Waals surface area contributed by atoms with Gasteiger partial charge in [-0.1, -0.05) is 22.8 Å². The fraction of sp³-hybridized carbons (Fsp3) is 0.278. The fourth-order valence-electron chi connectivity index (χ4n) is 2.98. The number of hydrogen-bond acceptors (Lipinski definition) is 7. The molecule has 0 spiro atoms. The summed E-state index contributed by atoms with van der Waals surface area (Å²) in [6.07, 6.45) is 0. The van der Waals surface area contributed by atoms with E-state index < -0.39 is 0 Å². The quantitative estimate of drug-likeness (QED) is 0.719. The Morgan fingerprint density at radius 1 is 1.26 bits per heavy atom. The number of hydrogen-bond donors (Lipinski definition) is 1. The van der Waals surface area contributed by atoms with Crippen molar-refractivity contribution in [3.05, 3.63) is 52.2 Å². The van der Waals surface area contributed by atoms with E-state index in [0.717, 1.165) is 4.88 Å². The molecule has 140 valence electrons. The van der Waals surface area contributed by atoms with Crippen LogP contribution in [0.25, 0.3) is 10.7 Å². The number of carbonyl (C=O) groups is 1. The molecule has 0 aliphatic carbocycles. The van der Waals surface area contributed by atoms with Gasteiger partial charge < -0.3 is 14.5 Å². The average molecular weight is 405 g/mol. The van der Waals surface area contributed by atoms with Gasteiger partial charge in [0.15, 0.2) is 0 Å². The fourth-order valence-corrected chi connectivity index (χ4v) is 3.80. The van der Waals surface area contributed by atoms with Crippen molar-refractivity contribution < 1.29 is 14.4 Å². The van der Waals surface area contributed by atoms with Crippen LogP contribution in [-0.2, 0) is 6.54 Å². The zero-order chi connectivity index (χ0) is 18.8. The maximum Gasteiger partial charge on any atom is 0.257 e. The summed E-state index contributed by atoms with van der Waals surface area (Å²) in [6, 6.07) is 8.44. The van der Waals surface area contributed by atoms with Crippen molar-refractivity contribution in [1.29, 1.82) is 0 Å². The predicted octanol–water partition coefficient (Wildman–Crippen LogP) is 3.12. The van der Waals surface area contributed by atoms with E-state index in [2.05, 4.69) is 15.0 Å². The molecule has 1 aromatic carbocycles. The highest BCUT2D eigenvalue weighted by molar-refractivity contribution is 7.13. The van der Waals surface area contributed by atoms with Crippen LogP contribution in [0.15, 0.2) is 40.2 Å². The topological polar surface area (TPSA) is 82.7 Å². The molecule has 27 heavy (non-hydrogen) atoms. The van der Waals surface area contributed by atoms with Crippen molar-refractivity contribution in [2.75, 3.05) is 26.2 Å². The van der Waals surface area contributed by atoms with Crippen LogP contribution in [0.2, 0.25) is 5.02 Å². The molecule has 3 heterocycles. The lowest BCUT2D eigenvalue weighted by Gasteiger charge is -2.34. The minimum Gasteiger partial charge on any atom is -0.507 e. The lowest BCUT2D eigenvalue weighted by molar-refractivity contribution is 0.0612. The standard InChI is InChI=1S/C18H17ClN4O3S/c19-12-3-4-13(14(24)10-12)18(25)23-7-5-22(6-8-23)11-16-20-17(21-26-16)15-2-1-9-27-15/h1-4,9-10,24H,5-8,11H2. The van der Waals surface area contributed by atoms with E-state index in [1.807, 2.05) is 17.5 Å². The number of halogens is 1. The molecular formula is C18H17ClN4O3S. The van der Waals surface area contributed by atoms with Gasteiger partial charge in [-0.15, -0.1) is 11.3 Å². The molecule has 1 N–H and O–H groups in total. The van der Waals surface area contributed by atoms with Crippen LogP contribution in [0.3, 0.4) is 0 Å².